The van der Waals surface area contributed by atoms with Crippen molar-refractivity contribution in [2.45, 2.75) is 59.0 Å². The van der Waals surface area contributed by atoms with Crippen molar-refractivity contribution >= 4 is 11.9 Å². The summed E-state index contributed by atoms with van der Waals surface area (Å²) in [6, 6.07) is 12.1. The summed E-state index contributed by atoms with van der Waals surface area (Å²) in [5, 5.41) is 0. The average molecular weight is 368 g/mol. The van der Waals surface area contributed by atoms with Gasteiger partial charge < -0.3 is 14.2 Å². The Hall–Kier alpha value is -2.56. The Kier molecular flexibility index (Phi) is 5.68. The Morgan fingerprint density at radius 3 is 2.33 bits per heavy atom. The number of carbonyl (C=O) groups is 2. The Bertz CT molecular complexity index is 816. The summed E-state index contributed by atoms with van der Waals surface area (Å²) in [4.78, 5) is 27.0. The van der Waals surface area contributed by atoms with Crippen LogP contribution in [-0.4, -0.2) is 40.0 Å². The van der Waals surface area contributed by atoms with Gasteiger partial charge in [0.25, 0.3) is 5.91 Å². The maximum absolute atomic E-state index is 12.6. The summed E-state index contributed by atoms with van der Waals surface area (Å²) >= 11 is 0. The summed E-state index contributed by atoms with van der Waals surface area (Å²) in [5.41, 5.74) is 3.27. The first-order valence-electron chi connectivity index (χ1n) is 9.62. The van der Waals surface area contributed by atoms with E-state index < -0.39 is 5.97 Å². The molecule has 1 aromatic carbocycles. The molecular formula is C22H28N2O3. The molecule has 0 N–H and O–H groups in total. The van der Waals surface area contributed by atoms with Gasteiger partial charge in [-0.15, -0.1) is 0 Å². The van der Waals surface area contributed by atoms with Gasteiger partial charge in [-0.1, -0.05) is 18.2 Å². The third kappa shape index (κ3) is 3.92. The zero-order valence-electron chi connectivity index (χ0n) is 16.6. The minimum atomic E-state index is -0.448. The minimum Gasteiger partial charge on any atom is -0.452 e. The smallest absolute Gasteiger partial charge is 0.340 e. The molecule has 0 radical (unpaired) electrons. The van der Waals surface area contributed by atoms with Crippen molar-refractivity contribution in [1.82, 2.24) is 9.47 Å². The number of piperidine rings is 1. The SMILES string of the molecule is Cc1cc(C(=O)OCC(=O)N2[C@H](C)CCC[C@H]2C)c(C)n1-c1ccccc1. The van der Waals surface area contributed by atoms with Crippen LogP contribution in [0.4, 0.5) is 0 Å². The Balaban J connectivity index is 1.71. The van der Waals surface area contributed by atoms with E-state index in [-0.39, 0.29) is 24.6 Å². The number of nitrogens with zero attached hydrogens (tertiary/aromatic N) is 2. The lowest BCUT2D eigenvalue weighted by atomic mass is 9.97. The van der Waals surface area contributed by atoms with Crippen LogP contribution < -0.4 is 0 Å². The predicted octanol–water partition coefficient (Wildman–Crippen LogP) is 4.04. The maximum atomic E-state index is 12.6. The highest BCUT2D eigenvalue weighted by molar-refractivity contribution is 5.93. The molecule has 0 unspecified atom stereocenters. The molecular weight excluding hydrogens is 340 g/mol. The van der Waals surface area contributed by atoms with Crippen LogP contribution in [0.25, 0.3) is 5.69 Å². The lowest BCUT2D eigenvalue weighted by Gasteiger charge is -2.38. The quantitative estimate of drug-likeness (QED) is 0.765. The van der Waals surface area contributed by atoms with Crippen LogP contribution in [0.2, 0.25) is 0 Å². The van der Waals surface area contributed by atoms with Crippen LogP contribution in [0.5, 0.6) is 0 Å². The largest absolute Gasteiger partial charge is 0.452 e. The first-order valence-corrected chi connectivity index (χ1v) is 9.62. The summed E-state index contributed by atoms with van der Waals surface area (Å²) in [5.74, 6) is -0.559. The van der Waals surface area contributed by atoms with Gasteiger partial charge in [0.15, 0.2) is 6.61 Å². The Morgan fingerprint density at radius 2 is 1.70 bits per heavy atom. The third-order valence-corrected chi connectivity index (χ3v) is 5.47. The number of hydrogen-bond donors (Lipinski definition) is 0. The fourth-order valence-corrected chi connectivity index (χ4v) is 4.14. The normalized spacial score (nSPS) is 19.8. The highest BCUT2D eigenvalue weighted by atomic mass is 16.5. The van der Waals surface area contributed by atoms with Crippen molar-refractivity contribution in [1.29, 1.82) is 0 Å². The van der Waals surface area contributed by atoms with Crippen LogP contribution in [0.15, 0.2) is 36.4 Å². The van der Waals surface area contributed by atoms with E-state index in [9.17, 15) is 9.59 Å². The topological polar surface area (TPSA) is 51.5 Å². The number of amides is 1. The monoisotopic (exact) mass is 368 g/mol. The highest BCUT2D eigenvalue weighted by Crippen LogP contribution is 2.24. The van der Waals surface area contributed by atoms with Gasteiger partial charge in [-0.25, -0.2) is 4.79 Å². The van der Waals surface area contributed by atoms with Gasteiger partial charge in [0.1, 0.15) is 0 Å². The van der Waals surface area contributed by atoms with Gasteiger partial charge in [-0.2, -0.15) is 0 Å². The van der Waals surface area contributed by atoms with Crippen LogP contribution in [-0.2, 0) is 9.53 Å². The molecule has 2 aromatic rings. The summed E-state index contributed by atoms with van der Waals surface area (Å²) in [6.07, 6.45) is 3.14. The van der Waals surface area contributed by atoms with Gasteiger partial charge in [0.05, 0.1) is 5.56 Å². The molecule has 5 nitrogen and oxygen atoms in total. The van der Waals surface area contributed by atoms with E-state index in [1.165, 1.54) is 0 Å². The summed E-state index contributed by atoms with van der Waals surface area (Å²) in [6.45, 7) is 7.76. The number of likely N-dealkylation sites (tertiary alicyclic amines) is 1. The molecule has 1 aromatic heterocycles. The molecule has 3 rings (SSSR count). The number of aryl methyl sites for hydroxylation is 1. The van der Waals surface area contributed by atoms with Gasteiger partial charge in [-0.05, 0) is 65.2 Å². The molecule has 1 amide bonds. The molecule has 2 heterocycles. The molecule has 0 aliphatic carbocycles. The van der Waals surface area contributed by atoms with Gasteiger partial charge in [0.2, 0.25) is 0 Å². The second-order valence-corrected chi connectivity index (χ2v) is 7.46. The van der Waals surface area contributed by atoms with E-state index in [1.807, 2.05) is 59.7 Å². The summed E-state index contributed by atoms with van der Waals surface area (Å²) < 4.78 is 7.40. The van der Waals surface area contributed by atoms with Crippen molar-refractivity contribution in [3.63, 3.8) is 0 Å². The number of ether oxygens (including phenoxy) is 1. The first kappa shape index (κ1) is 19.2. The van der Waals surface area contributed by atoms with Crippen LogP contribution in [0.3, 0.4) is 0 Å². The molecule has 1 aliphatic heterocycles. The van der Waals surface area contributed by atoms with Gasteiger partial charge in [0, 0.05) is 29.2 Å². The van der Waals surface area contributed by atoms with Crippen molar-refractivity contribution in [3.8, 4) is 5.69 Å². The number of hydrogen-bond acceptors (Lipinski definition) is 3. The van der Waals surface area contributed by atoms with E-state index in [0.29, 0.717) is 5.56 Å². The molecule has 0 saturated carbocycles. The van der Waals surface area contributed by atoms with Crippen molar-refractivity contribution in [3.05, 3.63) is 53.3 Å². The zero-order chi connectivity index (χ0) is 19.6. The zero-order valence-corrected chi connectivity index (χ0v) is 16.6. The van der Waals surface area contributed by atoms with Crippen molar-refractivity contribution < 1.29 is 14.3 Å². The molecule has 1 aliphatic rings. The molecule has 0 bridgehead atoms. The van der Waals surface area contributed by atoms with E-state index >= 15 is 0 Å². The number of esters is 1. The van der Waals surface area contributed by atoms with Crippen LogP contribution in [0.1, 0.15) is 54.9 Å². The van der Waals surface area contributed by atoms with E-state index in [4.69, 9.17) is 4.74 Å². The number of rotatable bonds is 4. The molecule has 27 heavy (non-hydrogen) atoms. The fourth-order valence-electron chi connectivity index (χ4n) is 4.14. The van der Waals surface area contributed by atoms with E-state index in [1.54, 1.807) is 0 Å². The molecule has 5 heteroatoms. The lowest BCUT2D eigenvalue weighted by molar-refractivity contribution is -0.140. The minimum absolute atomic E-state index is 0.111. The summed E-state index contributed by atoms with van der Waals surface area (Å²) in [7, 11) is 0. The number of carbonyl (C=O) groups excluding carboxylic acids is 2. The standard InChI is InChI=1S/C22H28N2O3/c1-15-9-8-10-16(2)23(15)21(25)14-27-22(26)20-13-17(3)24(18(20)4)19-11-6-5-7-12-19/h5-7,11-13,15-16H,8-10,14H2,1-4H3/t15-,16-/m1/s1. The number of benzene rings is 1. The van der Waals surface area contributed by atoms with Crippen LogP contribution >= 0.6 is 0 Å². The second kappa shape index (κ2) is 7.99. The lowest BCUT2D eigenvalue weighted by Crippen LogP contribution is -2.49. The van der Waals surface area contributed by atoms with Crippen LogP contribution in [0, 0.1) is 13.8 Å². The highest BCUT2D eigenvalue weighted by Gasteiger charge is 2.29. The van der Waals surface area contributed by atoms with Crippen molar-refractivity contribution in [2.24, 2.45) is 0 Å². The van der Waals surface area contributed by atoms with E-state index in [0.717, 1.165) is 36.3 Å². The third-order valence-electron chi connectivity index (χ3n) is 5.47. The Morgan fingerprint density at radius 1 is 1.07 bits per heavy atom. The molecule has 2 atom stereocenters. The van der Waals surface area contributed by atoms with Crippen molar-refractivity contribution in [2.75, 3.05) is 6.61 Å². The number of para-hydroxylation sites is 1. The second-order valence-electron chi connectivity index (χ2n) is 7.46. The van der Waals surface area contributed by atoms with E-state index in [2.05, 4.69) is 13.8 Å². The number of aromatic nitrogens is 1. The maximum Gasteiger partial charge on any atom is 0.340 e. The predicted molar refractivity (Wildman–Crippen MR) is 105 cm³/mol. The first-order chi connectivity index (χ1) is 12.9. The van der Waals surface area contributed by atoms with Gasteiger partial charge in [-0.3, -0.25) is 4.79 Å². The van der Waals surface area contributed by atoms with Gasteiger partial charge >= 0.3 is 5.97 Å². The molecule has 144 valence electrons. The Labute approximate surface area is 160 Å². The fraction of sp³-hybridized carbons (Fsp3) is 0.455. The molecule has 1 saturated heterocycles. The molecule has 0 spiro atoms. The average Bonchev–Trinajstić information content (AvgIpc) is 2.94. The molecule has 1 fully saturated rings.